The number of aromatic nitrogens is 1. The zero-order valence-electron chi connectivity index (χ0n) is 7.34. The normalized spacial score (nSPS) is 19.5. The van der Waals surface area contributed by atoms with Crippen molar-refractivity contribution in [3.05, 3.63) is 17.5 Å². The van der Waals surface area contributed by atoms with Crippen LogP contribution < -0.4 is 5.73 Å². The predicted octanol–water partition coefficient (Wildman–Crippen LogP) is 1.41. The van der Waals surface area contributed by atoms with E-state index in [1.807, 2.05) is 13.0 Å². The summed E-state index contributed by atoms with van der Waals surface area (Å²) in [4.78, 5) is 0. The van der Waals surface area contributed by atoms with Crippen LogP contribution in [0.5, 0.6) is 0 Å². The van der Waals surface area contributed by atoms with E-state index in [1.54, 1.807) is 0 Å². The molecule has 0 unspecified atom stereocenters. The van der Waals surface area contributed by atoms with Gasteiger partial charge < -0.3 is 10.3 Å². The van der Waals surface area contributed by atoms with E-state index in [-0.39, 0.29) is 5.54 Å². The minimum atomic E-state index is 0.132. The first-order valence-electron chi connectivity index (χ1n) is 4.39. The Labute approximate surface area is 71.9 Å². The molecule has 1 aliphatic rings. The monoisotopic (exact) mass is 166 g/mol. The van der Waals surface area contributed by atoms with Gasteiger partial charge in [-0.1, -0.05) is 5.16 Å². The summed E-state index contributed by atoms with van der Waals surface area (Å²) in [6, 6.07) is 1.98. The molecule has 0 saturated heterocycles. The summed E-state index contributed by atoms with van der Waals surface area (Å²) in [6.45, 7) is 1.91. The van der Waals surface area contributed by atoms with E-state index < -0.39 is 0 Å². The topological polar surface area (TPSA) is 52.0 Å². The zero-order chi connectivity index (χ0) is 8.60. The van der Waals surface area contributed by atoms with Gasteiger partial charge in [-0.3, -0.25) is 0 Å². The number of nitrogens with two attached hydrogens (primary N) is 1. The third-order valence-electron chi connectivity index (χ3n) is 2.45. The second-order valence-corrected chi connectivity index (χ2v) is 3.79. The van der Waals surface area contributed by atoms with Crippen LogP contribution in [0.4, 0.5) is 0 Å². The van der Waals surface area contributed by atoms with Gasteiger partial charge in [-0.05, 0) is 32.6 Å². The van der Waals surface area contributed by atoms with Crippen LogP contribution >= 0.6 is 0 Å². The maximum absolute atomic E-state index is 5.94. The quantitative estimate of drug-likeness (QED) is 0.738. The first-order valence-corrected chi connectivity index (χ1v) is 4.39. The van der Waals surface area contributed by atoms with Crippen LogP contribution in [-0.4, -0.2) is 10.7 Å². The van der Waals surface area contributed by atoms with E-state index in [1.165, 1.54) is 12.8 Å². The van der Waals surface area contributed by atoms with Crippen molar-refractivity contribution >= 4 is 0 Å². The molecule has 0 spiro atoms. The lowest BCUT2D eigenvalue weighted by atomic mass is 10.1. The summed E-state index contributed by atoms with van der Waals surface area (Å²) in [5, 5.41) is 3.92. The highest BCUT2D eigenvalue weighted by Crippen LogP contribution is 2.36. The number of rotatable bonds is 3. The van der Waals surface area contributed by atoms with E-state index in [0.29, 0.717) is 0 Å². The molecule has 0 atom stereocenters. The lowest BCUT2D eigenvalue weighted by Crippen LogP contribution is -2.22. The van der Waals surface area contributed by atoms with Gasteiger partial charge in [0, 0.05) is 11.6 Å². The molecular weight excluding hydrogens is 152 g/mol. The van der Waals surface area contributed by atoms with Gasteiger partial charge in [-0.2, -0.15) is 0 Å². The van der Waals surface area contributed by atoms with E-state index >= 15 is 0 Å². The fraction of sp³-hybridized carbons (Fsp3) is 0.667. The Hall–Kier alpha value is -0.830. The minimum Gasteiger partial charge on any atom is -0.361 e. The molecule has 3 heteroatoms. The van der Waals surface area contributed by atoms with E-state index in [2.05, 4.69) is 5.16 Å². The van der Waals surface area contributed by atoms with Crippen molar-refractivity contribution in [2.45, 2.75) is 38.1 Å². The van der Waals surface area contributed by atoms with Crippen molar-refractivity contribution < 1.29 is 4.52 Å². The fourth-order valence-electron chi connectivity index (χ4n) is 1.32. The summed E-state index contributed by atoms with van der Waals surface area (Å²) >= 11 is 0. The number of hydrogen-bond donors (Lipinski definition) is 1. The third-order valence-corrected chi connectivity index (χ3v) is 2.45. The molecule has 0 amide bonds. The Kier molecular flexibility index (Phi) is 1.68. The molecule has 1 fully saturated rings. The maximum atomic E-state index is 5.94. The van der Waals surface area contributed by atoms with Gasteiger partial charge in [0.15, 0.2) is 0 Å². The SMILES string of the molecule is Cc1cc(CCC2(N)CC2)no1. The molecule has 12 heavy (non-hydrogen) atoms. The Bertz CT molecular complexity index is 276. The van der Waals surface area contributed by atoms with E-state index in [9.17, 15) is 0 Å². The molecular formula is C9H14N2O. The summed E-state index contributed by atoms with van der Waals surface area (Å²) in [6.07, 6.45) is 4.33. The highest BCUT2D eigenvalue weighted by atomic mass is 16.5. The largest absolute Gasteiger partial charge is 0.361 e. The van der Waals surface area contributed by atoms with Crippen LogP contribution in [0.2, 0.25) is 0 Å². The van der Waals surface area contributed by atoms with Crippen molar-refractivity contribution in [1.29, 1.82) is 0 Å². The van der Waals surface area contributed by atoms with Gasteiger partial charge in [-0.25, -0.2) is 0 Å². The lowest BCUT2D eigenvalue weighted by Gasteiger charge is -2.04. The first kappa shape index (κ1) is 7.80. The third kappa shape index (κ3) is 1.67. The minimum absolute atomic E-state index is 0.132. The van der Waals surface area contributed by atoms with Gasteiger partial charge in [0.25, 0.3) is 0 Å². The van der Waals surface area contributed by atoms with Crippen LogP contribution in [0.1, 0.15) is 30.7 Å². The van der Waals surface area contributed by atoms with Gasteiger partial charge >= 0.3 is 0 Å². The van der Waals surface area contributed by atoms with Crippen molar-refractivity contribution in [3.8, 4) is 0 Å². The fourth-order valence-corrected chi connectivity index (χ4v) is 1.32. The summed E-state index contributed by atoms with van der Waals surface area (Å²) in [7, 11) is 0. The molecule has 1 heterocycles. The molecule has 1 saturated carbocycles. The summed E-state index contributed by atoms with van der Waals surface area (Å²) < 4.78 is 4.96. The predicted molar refractivity (Wildman–Crippen MR) is 45.7 cm³/mol. The Morgan fingerprint density at radius 2 is 2.42 bits per heavy atom. The van der Waals surface area contributed by atoms with Crippen molar-refractivity contribution in [3.63, 3.8) is 0 Å². The van der Waals surface area contributed by atoms with E-state index in [4.69, 9.17) is 10.3 Å². The van der Waals surface area contributed by atoms with Crippen molar-refractivity contribution in [1.82, 2.24) is 5.16 Å². The Morgan fingerprint density at radius 1 is 1.67 bits per heavy atom. The van der Waals surface area contributed by atoms with Crippen LogP contribution in [0.3, 0.4) is 0 Å². The molecule has 2 N–H and O–H groups in total. The molecule has 3 nitrogen and oxygen atoms in total. The average Bonchev–Trinajstić information content (AvgIpc) is 2.60. The molecule has 1 aromatic rings. The standard InChI is InChI=1S/C9H14N2O/c1-7-6-8(11-12-7)2-3-9(10)4-5-9/h6H,2-5,10H2,1H3. The van der Waals surface area contributed by atoms with Crippen molar-refractivity contribution in [2.24, 2.45) is 5.73 Å². The zero-order valence-corrected chi connectivity index (χ0v) is 7.34. The Morgan fingerprint density at radius 3 is 2.92 bits per heavy atom. The van der Waals surface area contributed by atoms with Crippen LogP contribution in [-0.2, 0) is 6.42 Å². The molecule has 2 rings (SSSR count). The highest BCUT2D eigenvalue weighted by molar-refractivity contribution is 5.07. The highest BCUT2D eigenvalue weighted by Gasteiger charge is 2.37. The smallest absolute Gasteiger partial charge is 0.133 e. The molecule has 1 aromatic heterocycles. The molecule has 1 aliphatic carbocycles. The Balaban J connectivity index is 1.87. The first-order chi connectivity index (χ1) is 5.68. The molecule has 0 radical (unpaired) electrons. The summed E-state index contributed by atoms with van der Waals surface area (Å²) in [5.41, 5.74) is 7.11. The van der Waals surface area contributed by atoms with Crippen LogP contribution in [0.15, 0.2) is 10.6 Å². The molecule has 0 aromatic carbocycles. The number of nitrogens with zero attached hydrogens (tertiary/aromatic N) is 1. The van der Waals surface area contributed by atoms with Crippen molar-refractivity contribution in [2.75, 3.05) is 0 Å². The summed E-state index contributed by atoms with van der Waals surface area (Å²) in [5.74, 6) is 0.881. The molecule has 66 valence electrons. The maximum Gasteiger partial charge on any atom is 0.133 e. The van der Waals surface area contributed by atoms with Gasteiger partial charge in [-0.15, -0.1) is 0 Å². The number of aryl methyl sites for hydroxylation is 2. The average molecular weight is 166 g/mol. The molecule has 0 bridgehead atoms. The lowest BCUT2D eigenvalue weighted by molar-refractivity contribution is 0.388. The number of hydrogen-bond acceptors (Lipinski definition) is 3. The van der Waals surface area contributed by atoms with Gasteiger partial charge in [0.2, 0.25) is 0 Å². The second kappa shape index (κ2) is 2.59. The van der Waals surface area contributed by atoms with Crippen LogP contribution in [0, 0.1) is 6.92 Å². The van der Waals surface area contributed by atoms with Crippen LogP contribution in [0.25, 0.3) is 0 Å². The van der Waals surface area contributed by atoms with E-state index in [0.717, 1.165) is 24.3 Å². The molecule has 0 aliphatic heterocycles. The second-order valence-electron chi connectivity index (χ2n) is 3.79. The van der Waals surface area contributed by atoms with Gasteiger partial charge in [0.05, 0.1) is 5.69 Å². The van der Waals surface area contributed by atoms with Gasteiger partial charge in [0.1, 0.15) is 5.76 Å².